The fourth-order valence-corrected chi connectivity index (χ4v) is 2.11. The van der Waals surface area contributed by atoms with Crippen molar-refractivity contribution in [2.75, 3.05) is 5.32 Å². The van der Waals surface area contributed by atoms with Crippen LogP contribution in [0.2, 0.25) is 10.0 Å². The van der Waals surface area contributed by atoms with Gasteiger partial charge in [0.15, 0.2) is 6.10 Å². The van der Waals surface area contributed by atoms with E-state index in [1.807, 2.05) is 0 Å². The summed E-state index contributed by atoms with van der Waals surface area (Å²) in [5, 5.41) is 12.0. The molecule has 2 rings (SSSR count). The smallest absolute Gasteiger partial charge is 0.349 e. The summed E-state index contributed by atoms with van der Waals surface area (Å²) in [6.07, 6.45) is 1.47. The third-order valence-electron chi connectivity index (χ3n) is 3.03. The lowest BCUT2D eigenvalue weighted by atomic mass is 10.2. The molecule has 0 aliphatic rings. The number of hydrogen-bond donors (Lipinski definition) is 1. The van der Waals surface area contributed by atoms with Gasteiger partial charge in [-0.2, -0.15) is 5.26 Å². The summed E-state index contributed by atoms with van der Waals surface area (Å²) in [7, 11) is 0. The van der Waals surface area contributed by atoms with Crippen LogP contribution in [0.4, 0.5) is 5.69 Å². The van der Waals surface area contributed by atoms with Crippen LogP contribution in [0.1, 0.15) is 12.7 Å². The molecule has 0 radical (unpaired) electrons. The van der Waals surface area contributed by atoms with Gasteiger partial charge in [0.1, 0.15) is 17.4 Å². The average molecular weight is 379 g/mol. The van der Waals surface area contributed by atoms with Crippen molar-refractivity contribution in [3.05, 3.63) is 58.0 Å². The van der Waals surface area contributed by atoms with Crippen LogP contribution in [-0.4, -0.2) is 18.0 Å². The maximum atomic E-state index is 12.1. The van der Waals surface area contributed by atoms with Crippen LogP contribution in [0, 0.1) is 11.3 Å². The van der Waals surface area contributed by atoms with Crippen molar-refractivity contribution in [1.82, 2.24) is 0 Å². The number of ether oxygens (including phenoxy) is 1. The molecule has 0 saturated carbocycles. The van der Waals surface area contributed by atoms with Crippen molar-refractivity contribution in [3.63, 3.8) is 0 Å². The number of halogens is 2. The zero-order valence-corrected chi connectivity index (χ0v) is 14.5. The second-order valence-corrected chi connectivity index (χ2v) is 5.61. The van der Waals surface area contributed by atoms with E-state index in [2.05, 4.69) is 5.32 Å². The molecule has 1 amide bonds. The molecule has 0 unspecified atom stereocenters. The Kier molecular flexibility index (Phi) is 6.23. The van der Waals surface area contributed by atoms with Gasteiger partial charge in [0.05, 0.1) is 22.0 Å². The third-order valence-corrected chi connectivity index (χ3v) is 3.85. The Bertz CT molecular complexity index is 854. The summed E-state index contributed by atoms with van der Waals surface area (Å²) in [5.41, 5.74) is -0.0101. The number of nitrogens with zero attached hydrogens (tertiary/aromatic N) is 1. The molecule has 1 N–H and O–H groups in total. The molecule has 0 fully saturated rings. The molecule has 8 heteroatoms. The average Bonchev–Trinajstić information content (AvgIpc) is 3.09. The highest BCUT2D eigenvalue weighted by Gasteiger charge is 2.21. The minimum absolute atomic E-state index is 0.173. The molecule has 128 valence electrons. The van der Waals surface area contributed by atoms with Gasteiger partial charge < -0.3 is 14.5 Å². The van der Waals surface area contributed by atoms with Crippen molar-refractivity contribution in [2.45, 2.75) is 13.0 Å². The fraction of sp³-hybridized carbons (Fsp3) is 0.118. The first-order valence-corrected chi connectivity index (χ1v) is 7.79. The highest BCUT2D eigenvalue weighted by atomic mass is 35.5. The first-order chi connectivity index (χ1) is 11.9. The van der Waals surface area contributed by atoms with Gasteiger partial charge in [-0.15, -0.1) is 0 Å². The maximum Gasteiger partial charge on any atom is 0.349 e. The van der Waals surface area contributed by atoms with Gasteiger partial charge in [-0.25, -0.2) is 4.79 Å². The van der Waals surface area contributed by atoms with Crippen molar-refractivity contribution in [2.24, 2.45) is 0 Å². The maximum absolute atomic E-state index is 12.1. The number of hydrogen-bond acceptors (Lipinski definition) is 5. The van der Waals surface area contributed by atoms with E-state index in [-0.39, 0.29) is 21.3 Å². The highest BCUT2D eigenvalue weighted by Crippen LogP contribution is 2.29. The van der Waals surface area contributed by atoms with Gasteiger partial charge in [-0.05, 0) is 31.2 Å². The van der Waals surface area contributed by atoms with E-state index >= 15 is 0 Å². The second kappa shape index (κ2) is 8.38. The predicted molar refractivity (Wildman–Crippen MR) is 92.9 cm³/mol. The Hall–Kier alpha value is -2.75. The normalized spacial score (nSPS) is 12.2. The molecular weight excluding hydrogens is 367 g/mol. The van der Waals surface area contributed by atoms with E-state index < -0.39 is 18.0 Å². The van der Waals surface area contributed by atoms with Crippen molar-refractivity contribution >= 4 is 46.8 Å². The van der Waals surface area contributed by atoms with Crippen LogP contribution >= 0.6 is 23.2 Å². The SMILES string of the molecule is C[C@@H](OC(=O)/C(C#N)=C/c1ccco1)C(=O)Nc1cccc(Cl)c1Cl. The monoisotopic (exact) mass is 378 g/mol. The molecule has 1 heterocycles. The molecule has 25 heavy (non-hydrogen) atoms. The quantitative estimate of drug-likeness (QED) is 0.480. The van der Waals surface area contributed by atoms with E-state index in [4.69, 9.17) is 37.6 Å². The Morgan fingerprint density at radius 3 is 2.72 bits per heavy atom. The van der Waals surface area contributed by atoms with E-state index in [9.17, 15) is 9.59 Å². The minimum Gasteiger partial charge on any atom is -0.465 e. The summed E-state index contributed by atoms with van der Waals surface area (Å²) in [6, 6.07) is 9.62. The van der Waals surface area contributed by atoms with Gasteiger partial charge in [-0.1, -0.05) is 29.3 Å². The Labute approximate surface area is 153 Å². The third kappa shape index (κ3) is 4.86. The van der Waals surface area contributed by atoms with E-state index in [1.54, 1.807) is 36.4 Å². The van der Waals surface area contributed by atoms with Crippen LogP contribution in [0.15, 0.2) is 46.6 Å². The van der Waals surface area contributed by atoms with Crippen LogP contribution in [0.5, 0.6) is 0 Å². The molecular formula is C17H12Cl2N2O4. The van der Waals surface area contributed by atoms with Gasteiger partial charge in [-0.3, -0.25) is 4.79 Å². The number of carbonyl (C=O) groups is 2. The number of esters is 1. The molecule has 1 aromatic heterocycles. The summed E-state index contributed by atoms with van der Waals surface area (Å²) in [4.78, 5) is 24.1. The molecule has 0 aliphatic carbocycles. The summed E-state index contributed by atoms with van der Waals surface area (Å²) in [6.45, 7) is 1.37. The number of benzene rings is 1. The van der Waals surface area contributed by atoms with Crippen molar-refractivity contribution in [1.29, 1.82) is 5.26 Å². The number of anilines is 1. The van der Waals surface area contributed by atoms with Crippen LogP contribution < -0.4 is 5.32 Å². The van der Waals surface area contributed by atoms with Crippen LogP contribution in [0.25, 0.3) is 6.08 Å². The van der Waals surface area contributed by atoms with Crippen LogP contribution in [0.3, 0.4) is 0 Å². The zero-order valence-electron chi connectivity index (χ0n) is 13.0. The van der Waals surface area contributed by atoms with Crippen LogP contribution in [-0.2, 0) is 14.3 Å². The summed E-state index contributed by atoms with van der Waals surface area (Å²) in [5.74, 6) is -1.25. The Morgan fingerprint density at radius 1 is 1.32 bits per heavy atom. The number of nitriles is 1. The Balaban J connectivity index is 2.04. The second-order valence-electron chi connectivity index (χ2n) is 4.82. The molecule has 0 bridgehead atoms. The lowest BCUT2D eigenvalue weighted by Gasteiger charge is -2.14. The van der Waals surface area contributed by atoms with Crippen molar-refractivity contribution in [3.8, 4) is 6.07 Å². The van der Waals surface area contributed by atoms with E-state index in [0.29, 0.717) is 5.76 Å². The number of nitrogens with one attached hydrogen (secondary N) is 1. The molecule has 0 aliphatic heterocycles. The molecule has 1 atom stereocenters. The van der Waals surface area contributed by atoms with Crippen molar-refractivity contribution < 1.29 is 18.7 Å². The van der Waals surface area contributed by atoms with E-state index in [1.165, 1.54) is 19.3 Å². The first-order valence-electron chi connectivity index (χ1n) is 7.03. The first kappa shape index (κ1) is 18.6. The number of furan rings is 1. The van der Waals surface area contributed by atoms with Gasteiger partial charge >= 0.3 is 5.97 Å². The molecule has 1 aromatic carbocycles. The molecule has 2 aromatic rings. The number of carbonyl (C=O) groups excluding carboxylic acids is 2. The summed E-state index contributed by atoms with van der Waals surface area (Å²) >= 11 is 11.9. The minimum atomic E-state index is -1.16. The largest absolute Gasteiger partial charge is 0.465 e. The predicted octanol–water partition coefficient (Wildman–Crippen LogP) is 4.06. The Morgan fingerprint density at radius 2 is 2.08 bits per heavy atom. The number of rotatable bonds is 5. The lowest BCUT2D eigenvalue weighted by Crippen LogP contribution is -2.30. The molecule has 6 nitrogen and oxygen atoms in total. The van der Waals surface area contributed by atoms with Gasteiger partial charge in [0, 0.05) is 6.08 Å². The topological polar surface area (TPSA) is 92.3 Å². The number of amides is 1. The lowest BCUT2D eigenvalue weighted by molar-refractivity contribution is -0.148. The highest BCUT2D eigenvalue weighted by molar-refractivity contribution is 6.44. The molecule has 0 saturated heterocycles. The summed E-state index contributed by atoms with van der Waals surface area (Å²) < 4.78 is 10.0. The van der Waals surface area contributed by atoms with E-state index in [0.717, 1.165) is 0 Å². The standard InChI is InChI=1S/C17H12Cl2N2O4/c1-10(16(22)21-14-6-2-5-13(18)15(14)19)25-17(23)11(9-20)8-12-4-3-7-24-12/h2-8,10H,1H3,(H,21,22)/b11-8+/t10-/m1/s1. The van der Waals surface area contributed by atoms with Gasteiger partial charge in [0.25, 0.3) is 5.91 Å². The zero-order chi connectivity index (χ0) is 18.4. The fourth-order valence-electron chi connectivity index (χ4n) is 1.76. The molecule has 0 spiro atoms. The van der Waals surface area contributed by atoms with Gasteiger partial charge in [0.2, 0.25) is 0 Å².